The smallest absolute Gasteiger partial charge is 0.253 e. The number of benzene rings is 2. The van der Waals surface area contributed by atoms with E-state index in [0.29, 0.717) is 19.6 Å². The van der Waals surface area contributed by atoms with Gasteiger partial charge in [-0.15, -0.1) is 0 Å². The maximum Gasteiger partial charge on any atom is 0.253 e. The summed E-state index contributed by atoms with van der Waals surface area (Å²) < 4.78 is 27.3. The van der Waals surface area contributed by atoms with Crippen LogP contribution in [-0.2, 0) is 16.6 Å². The van der Waals surface area contributed by atoms with Gasteiger partial charge in [-0.05, 0) is 48.7 Å². The highest BCUT2D eigenvalue weighted by Gasteiger charge is 2.27. The van der Waals surface area contributed by atoms with Crippen LogP contribution in [0.1, 0.15) is 35.2 Å². The monoisotopic (exact) mass is 435 g/mol. The fourth-order valence-electron chi connectivity index (χ4n) is 3.28. The molecule has 1 amide bonds. The van der Waals surface area contributed by atoms with Gasteiger partial charge < -0.3 is 10.2 Å². The van der Waals surface area contributed by atoms with Crippen LogP contribution in [0.2, 0.25) is 5.02 Å². The average molecular weight is 436 g/mol. The Bertz CT molecular complexity index is 969. The largest absolute Gasteiger partial charge is 0.378 e. The predicted octanol–water partition coefficient (Wildman–Crippen LogP) is 3.51. The minimum Gasteiger partial charge on any atom is -0.378 e. The molecule has 0 aromatic heterocycles. The zero-order valence-corrected chi connectivity index (χ0v) is 18.3. The second-order valence-electron chi connectivity index (χ2n) is 7.35. The topological polar surface area (TPSA) is 69.7 Å². The first-order chi connectivity index (χ1) is 13.8. The molecule has 2 aromatic rings. The van der Waals surface area contributed by atoms with Gasteiger partial charge in [0.2, 0.25) is 10.0 Å². The summed E-state index contributed by atoms with van der Waals surface area (Å²) >= 11 is 6.19. The van der Waals surface area contributed by atoms with Crippen molar-refractivity contribution in [1.29, 1.82) is 0 Å². The Morgan fingerprint density at radius 3 is 2.34 bits per heavy atom. The van der Waals surface area contributed by atoms with Gasteiger partial charge in [0.1, 0.15) is 0 Å². The van der Waals surface area contributed by atoms with Gasteiger partial charge in [0.05, 0.1) is 15.5 Å². The number of hydrogen-bond acceptors (Lipinski definition) is 4. The Hall–Kier alpha value is -2.09. The number of anilines is 1. The summed E-state index contributed by atoms with van der Waals surface area (Å²) in [6, 6.07) is 12.1. The molecule has 0 atom stereocenters. The second kappa shape index (κ2) is 9.15. The van der Waals surface area contributed by atoms with Crippen molar-refractivity contribution in [3.63, 3.8) is 0 Å². The summed E-state index contributed by atoms with van der Waals surface area (Å²) in [6.07, 6.45) is 2.75. The van der Waals surface area contributed by atoms with E-state index in [9.17, 15) is 13.2 Å². The number of carbonyl (C=O) groups is 1. The van der Waals surface area contributed by atoms with E-state index in [1.165, 1.54) is 22.5 Å². The Morgan fingerprint density at radius 1 is 1.07 bits per heavy atom. The molecule has 0 radical (unpaired) electrons. The molecule has 2 aromatic carbocycles. The maximum atomic E-state index is 12.9. The average Bonchev–Trinajstić information content (AvgIpc) is 2.73. The molecule has 1 aliphatic rings. The third-order valence-corrected chi connectivity index (χ3v) is 7.27. The SMILES string of the molecule is CN(C)c1ccc(CNC(=O)c2cc(S(=O)(=O)N3CCCCC3)ccc2Cl)cc1. The summed E-state index contributed by atoms with van der Waals surface area (Å²) in [6.45, 7) is 1.34. The van der Waals surface area contributed by atoms with Gasteiger partial charge in [-0.3, -0.25) is 4.79 Å². The van der Waals surface area contributed by atoms with E-state index in [-0.39, 0.29) is 15.5 Å². The zero-order valence-electron chi connectivity index (χ0n) is 16.7. The molecule has 0 spiro atoms. The predicted molar refractivity (Wildman–Crippen MR) is 116 cm³/mol. The van der Waals surface area contributed by atoms with Crippen molar-refractivity contribution in [2.24, 2.45) is 0 Å². The van der Waals surface area contributed by atoms with Crippen molar-refractivity contribution in [1.82, 2.24) is 9.62 Å². The summed E-state index contributed by atoms with van der Waals surface area (Å²) in [7, 11) is 0.299. The van der Waals surface area contributed by atoms with Crippen molar-refractivity contribution in [2.45, 2.75) is 30.7 Å². The quantitative estimate of drug-likeness (QED) is 0.753. The lowest BCUT2D eigenvalue weighted by molar-refractivity contribution is 0.0951. The van der Waals surface area contributed by atoms with Gasteiger partial charge in [-0.25, -0.2) is 8.42 Å². The number of nitrogens with zero attached hydrogens (tertiary/aromatic N) is 2. The van der Waals surface area contributed by atoms with E-state index in [2.05, 4.69) is 5.32 Å². The number of halogens is 1. The van der Waals surface area contributed by atoms with Crippen LogP contribution in [0.5, 0.6) is 0 Å². The van der Waals surface area contributed by atoms with Gasteiger partial charge in [0.15, 0.2) is 0 Å². The lowest BCUT2D eigenvalue weighted by Crippen LogP contribution is -2.35. The molecule has 0 aliphatic carbocycles. The summed E-state index contributed by atoms with van der Waals surface area (Å²) in [5.74, 6) is -0.401. The van der Waals surface area contributed by atoms with Crippen LogP contribution in [0.25, 0.3) is 0 Å². The molecule has 1 heterocycles. The van der Waals surface area contributed by atoms with Crippen LogP contribution in [-0.4, -0.2) is 45.8 Å². The number of carbonyl (C=O) groups excluding carboxylic acids is 1. The molecular weight excluding hydrogens is 410 g/mol. The Balaban J connectivity index is 1.74. The van der Waals surface area contributed by atoms with E-state index in [4.69, 9.17) is 11.6 Å². The van der Waals surface area contributed by atoms with Gasteiger partial charge >= 0.3 is 0 Å². The van der Waals surface area contributed by atoms with Crippen molar-refractivity contribution in [3.05, 3.63) is 58.6 Å². The van der Waals surface area contributed by atoms with Crippen molar-refractivity contribution in [3.8, 4) is 0 Å². The van der Waals surface area contributed by atoms with E-state index < -0.39 is 15.9 Å². The third-order valence-electron chi connectivity index (χ3n) is 5.04. The molecule has 0 unspecified atom stereocenters. The van der Waals surface area contributed by atoms with E-state index in [1.54, 1.807) is 0 Å². The molecule has 3 rings (SSSR count). The van der Waals surface area contributed by atoms with Crippen LogP contribution in [0, 0.1) is 0 Å². The van der Waals surface area contributed by atoms with E-state index >= 15 is 0 Å². The first-order valence-corrected chi connectivity index (χ1v) is 11.4. The van der Waals surface area contributed by atoms with Crippen molar-refractivity contribution < 1.29 is 13.2 Å². The van der Waals surface area contributed by atoms with E-state index in [0.717, 1.165) is 30.5 Å². The third kappa shape index (κ3) is 5.10. The number of amides is 1. The summed E-state index contributed by atoms with van der Waals surface area (Å²) in [4.78, 5) is 14.8. The van der Waals surface area contributed by atoms with Crippen molar-refractivity contribution >= 4 is 33.2 Å². The number of hydrogen-bond donors (Lipinski definition) is 1. The molecule has 156 valence electrons. The molecule has 1 N–H and O–H groups in total. The fraction of sp³-hybridized carbons (Fsp3) is 0.381. The minimum absolute atomic E-state index is 0.101. The number of piperidine rings is 1. The second-order valence-corrected chi connectivity index (χ2v) is 9.70. The van der Waals surface area contributed by atoms with Crippen LogP contribution in [0.4, 0.5) is 5.69 Å². The molecular formula is C21H26ClN3O3S. The highest BCUT2D eigenvalue weighted by Crippen LogP contribution is 2.25. The van der Waals surface area contributed by atoms with Gasteiger partial charge in [-0.1, -0.05) is 30.2 Å². The summed E-state index contributed by atoms with van der Waals surface area (Å²) in [5.41, 5.74) is 2.17. The first kappa shape index (κ1) is 21.6. The highest BCUT2D eigenvalue weighted by atomic mass is 35.5. The standard InChI is InChI=1S/C21H26ClN3O3S/c1-24(2)17-8-6-16(7-9-17)15-23-21(26)19-14-18(10-11-20(19)22)29(27,28)25-12-4-3-5-13-25/h6-11,14H,3-5,12-13,15H2,1-2H3,(H,23,26). The zero-order chi connectivity index (χ0) is 21.0. The van der Waals surface area contributed by atoms with Crippen LogP contribution < -0.4 is 10.2 Å². The van der Waals surface area contributed by atoms with E-state index in [1.807, 2.05) is 43.3 Å². The number of rotatable bonds is 6. The first-order valence-electron chi connectivity index (χ1n) is 9.63. The highest BCUT2D eigenvalue weighted by molar-refractivity contribution is 7.89. The molecule has 1 fully saturated rings. The summed E-state index contributed by atoms with van der Waals surface area (Å²) in [5, 5.41) is 3.04. The van der Waals surface area contributed by atoms with Crippen LogP contribution in [0.15, 0.2) is 47.4 Å². The normalized spacial score (nSPS) is 15.1. The van der Waals surface area contributed by atoms with Gasteiger partial charge in [0, 0.05) is 39.4 Å². The Labute approximate surface area is 177 Å². The lowest BCUT2D eigenvalue weighted by Gasteiger charge is -2.26. The molecule has 1 saturated heterocycles. The maximum absolute atomic E-state index is 12.9. The lowest BCUT2D eigenvalue weighted by atomic mass is 10.1. The molecule has 0 bridgehead atoms. The van der Waals surface area contributed by atoms with Gasteiger partial charge in [-0.2, -0.15) is 4.31 Å². The number of sulfonamides is 1. The Kier molecular flexibility index (Phi) is 6.82. The van der Waals surface area contributed by atoms with Crippen molar-refractivity contribution in [2.75, 3.05) is 32.1 Å². The van der Waals surface area contributed by atoms with Crippen LogP contribution >= 0.6 is 11.6 Å². The molecule has 6 nitrogen and oxygen atoms in total. The van der Waals surface area contributed by atoms with Crippen LogP contribution in [0.3, 0.4) is 0 Å². The number of nitrogens with one attached hydrogen (secondary N) is 1. The van der Waals surface area contributed by atoms with Gasteiger partial charge in [0.25, 0.3) is 5.91 Å². The minimum atomic E-state index is -3.62. The Morgan fingerprint density at radius 2 is 1.72 bits per heavy atom. The molecule has 29 heavy (non-hydrogen) atoms. The molecule has 1 aliphatic heterocycles. The fourth-order valence-corrected chi connectivity index (χ4v) is 5.03. The molecule has 8 heteroatoms. The molecule has 0 saturated carbocycles.